The largest absolute Gasteiger partial charge is 0.359 e. The maximum Gasteiger partial charge on any atom is 0.147 e. The second kappa shape index (κ2) is 11.7. The first-order valence-electron chi connectivity index (χ1n) is 12.7. The molecule has 1 unspecified atom stereocenters. The van der Waals surface area contributed by atoms with Gasteiger partial charge in [0, 0.05) is 28.1 Å². The zero-order valence-corrected chi connectivity index (χ0v) is 21.3. The van der Waals surface area contributed by atoms with Gasteiger partial charge in [0.1, 0.15) is 17.8 Å². The number of para-hydroxylation sites is 1. The molecule has 1 aliphatic heterocycles. The van der Waals surface area contributed by atoms with Crippen molar-refractivity contribution in [3.63, 3.8) is 0 Å². The molecule has 1 heterocycles. The first-order valence-corrected chi connectivity index (χ1v) is 12.7. The summed E-state index contributed by atoms with van der Waals surface area (Å²) in [5.74, 6) is 0.422. The van der Waals surface area contributed by atoms with Crippen LogP contribution < -0.4 is 10.6 Å². The lowest BCUT2D eigenvalue weighted by Gasteiger charge is -2.27. The van der Waals surface area contributed by atoms with Crippen molar-refractivity contribution in [1.82, 2.24) is 5.32 Å². The summed E-state index contributed by atoms with van der Waals surface area (Å²) < 4.78 is 13.8. The fraction of sp³-hybridized carbons (Fsp3) is 0.219. The van der Waals surface area contributed by atoms with E-state index in [1.807, 2.05) is 43.3 Å². The van der Waals surface area contributed by atoms with Crippen LogP contribution in [-0.2, 0) is 0 Å². The smallest absolute Gasteiger partial charge is 0.147 e. The summed E-state index contributed by atoms with van der Waals surface area (Å²) in [6.07, 6.45) is 3.82. The zero-order chi connectivity index (χ0) is 25.5. The van der Waals surface area contributed by atoms with E-state index in [0.717, 1.165) is 33.3 Å². The maximum atomic E-state index is 13.8. The summed E-state index contributed by atoms with van der Waals surface area (Å²) in [5.41, 5.74) is 5.34. The third kappa shape index (κ3) is 5.65. The molecule has 4 heteroatoms. The summed E-state index contributed by atoms with van der Waals surface area (Å²) >= 11 is 0. The highest BCUT2D eigenvalue weighted by Gasteiger charge is 2.23. The highest BCUT2D eigenvalue weighted by atomic mass is 19.1. The molecule has 1 aliphatic rings. The van der Waals surface area contributed by atoms with Gasteiger partial charge in [-0.3, -0.25) is 0 Å². The molecule has 0 saturated heterocycles. The van der Waals surface area contributed by atoms with Gasteiger partial charge in [-0.2, -0.15) is 0 Å². The number of aryl methyl sites for hydroxylation is 1. The van der Waals surface area contributed by atoms with Crippen LogP contribution in [0.3, 0.4) is 0 Å². The van der Waals surface area contributed by atoms with Crippen LogP contribution >= 0.6 is 0 Å². The van der Waals surface area contributed by atoms with Crippen LogP contribution in [0, 0.1) is 12.7 Å². The van der Waals surface area contributed by atoms with Crippen molar-refractivity contribution < 1.29 is 4.39 Å². The molecular formula is C32H34FN3. The van der Waals surface area contributed by atoms with Crippen LogP contribution in [0.15, 0.2) is 96.5 Å². The minimum atomic E-state index is -0.287. The summed E-state index contributed by atoms with van der Waals surface area (Å²) in [7, 11) is 0. The van der Waals surface area contributed by atoms with E-state index >= 15 is 0 Å². The fourth-order valence-corrected chi connectivity index (χ4v) is 4.41. The molecule has 0 radical (unpaired) electrons. The van der Waals surface area contributed by atoms with Crippen molar-refractivity contribution in [3.05, 3.63) is 120 Å². The molecule has 0 spiro atoms. The highest BCUT2D eigenvalue weighted by Crippen LogP contribution is 2.33. The number of benzene rings is 4. The van der Waals surface area contributed by atoms with E-state index in [9.17, 15) is 4.39 Å². The van der Waals surface area contributed by atoms with Crippen molar-refractivity contribution in [2.45, 2.75) is 46.2 Å². The minimum absolute atomic E-state index is 0.259. The number of hydrogen-bond acceptors (Lipinski definition) is 3. The standard InChI is InChI=1S/C27H22FN3.C5H12/c1-17-14-15-20(28)16-24(17)18(2)29-27-23-11-5-6-13-25(23)30-26(31-27)22-12-7-9-19-8-3-4-10-21(19)22;1-3-5-4-2/h3-16,26,30H,2H2,1H3,(H,29,31);3-5H2,1-2H3. The van der Waals surface area contributed by atoms with E-state index in [1.165, 1.54) is 36.8 Å². The van der Waals surface area contributed by atoms with E-state index in [-0.39, 0.29) is 12.0 Å². The Labute approximate surface area is 213 Å². The Hall–Kier alpha value is -3.92. The lowest BCUT2D eigenvalue weighted by Crippen LogP contribution is -2.30. The highest BCUT2D eigenvalue weighted by molar-refractivity contribution is 6.08. The van der Waals surface area contributed by atoms with Crippen molar-refractivity contribution in [2.75, 3.05) is 5.32 Å². The predicted octanol–water partition coefficient (Wildman–Crippen LogP) is 8.62. The normalized spacial score (nSPS) is 14.1. The van der Waals surface area contributed by atoms with Gasteiger partial charge in [0.2, 0.25) is 0 Å². The molecule has 36 heavy (non-hydrogen) atoms. The molecule has 0 amide bonds. The zero-order valence-electron chi connectivity index (χ0n) is 21.3. The van der Waals surface area contributed by atoms with Crippen molar-refractivity contribution in [2.24, 2.45) is 4.99 Å². The summed E-state index contributed by atoms with van der Waals surface area (Å²) in [5, 5.41) is 9.24. The molecule has 0 aromatic heterocycles. The fourth-order valence-electron chi connectivity index (χ4n) is 4.41. The molecule has 3 nitrogen and oxygen atoms in total. The van der Waals surface area contributed by atoms with Gasteiger partial charge in [0.15, 0.2) is 0 Å². The van der Waals surface area contributed by atoms with E-state index < -0.39 is 0 Å². The number of halogens is 1. The molecule has 184 valence electrons. The Bertz CT molecular complexity index is 1380. The minimum Gasteiger partial charge on any atom is -0.359 e. The molecule has 4 aromatic rings. The summed E-state index contributed by atoms with van der Waals surface area (Å²) in [6.45, 7) is 10.5. The first kappa shape index (κ1) is 25.2. The first-order chi connectivity index (χ1) is 17.5. The Morgan fingerprint density at radius 3 is 2.44 bits per heavy atom. The van der Waals surface area contributed by atoms with Gasteiger partial charge >= 0.3 is 0 Å². The van der Waals surface area contributed by atoms with Gasteiger partial charge in [0.05, 0.1) is 0 Å². The van der Waals surface area contributed by atoms with Gasteiger partial charge in [-0.25, -0.2) is 9.38 Å². The van der Waals surface area contributed by atoms with Crippen molar-refractivity contribution >= 4 is 28.0 Å². The van der Waals surface area contributed by atoms with Crippen LogP contribution in [0.5, 0.6) is 0 Å². The SMILES string of the molecule is C=C(NC1=NC(c2cccc3ccccc23)Nc2ccccc21)c1cc(F)ccc1C.CCCCC. The van der Waals surface area contributed by atoms with Crippen LogP contribution in [0.25, 0.3) is 16.5 Å². The number of rotatable bonds is 5. The van der Waals surface area contributed by atoms with Crippen molar-refractivity contribution in [1.29, 1.82) is 0 Å². The Morgan fingerprint density at radius 1 is 0.944 bits per heavy atom. The van der Waals surface area contributed by atoms with E-state index in [4.69, 9.17) is 4.99 Å². The number of amidine groups is 1. The summed E-state index contributed by atoms with van der Waals surface area (Å²) in [4.78, 5) is 5.00. The third-order valence-corrected chi connectivity index (χ3v) is 6.35. The second-order valence-corrected chi connectivity index (χ2v) is 9.05. The van der Waals surface area contributed by atoms with E-state index in [2.05, 4.69) is 61.4 Å². The van der Waals surface area contributed by atoms with Crippen LogP contribution in [0.4, 0.5) is 10.1 Å². The lowest BCUT2D eigenvalue weighted by molar-refractivity contribution is 0.626. The monoisotopic (exact) mass is 479 g/mol. The van der Waals surface area contributed by atoms with Gasteiger partial charge in [-0.15, -0.1) is 0 Å². The average Bonchev–Trinajstić information content (AvgIpc) is 2.90. The second-order valence-electron chi connectivity index (χ2n) is 9.05. The molecule has 4 aromatic carbocycles. The van der Waals surface area contributed by atoms with Gasteiger partial charge < -0.3 is 10.6 Å². The molecule has 2 N–H and O–H groups in total. The molecule has 5 rings (SSSR count). The molecule has 1 atom stereocenters. The number of aliphatic imine (C=N–C) groups is 1. The molecule has 0 bridgehead atoms. The maximum absolute atomic E-state index is 13.8. The van der Waals surface area contributed by atoms with Crippen molar-refractivity contribution in [3.8, 4) is 0 Å². The Morgan fingerprint density at radius 2 is 1.67 bits per heavy atom. The van der Waals surface area contributed by atoms with Gasteiger partial charge in [-0.05, 0) is 47.5 Å². The number of fused-ring (bicyclic) bond motifs is 2. The molecular weight excluding hydrogens is 445 g/mol. The quantitative estimate of drug-likeness (QED) is 0.301. The lowest BCUT2D eigenvalue weighted by atomic mass is 10.0. The number of nitrogens with zero attached hydrogens (tertiary/aromatic N) is 1. The third-order valence-electron chi connectivity index (χ3n) is 6.35. The molecule has 0 saturated carbocycles. The number of anilines is 1. The number of unbranched alkanes of at least 4 members (excludes halogenated alkanes) is 2. The molecule has 0 aliphatic carbocycles. The van der Waals surface area contributed by atoms with Gasteiger partial charge in [-0.1, -0.05) is 100 Å². The Balaban J connectivity index is 0.000000556. The van der Waals surface area contributed by atoms with Crippen LogP contribution in [-0.4, -0.2) is 5.84 Å². The average molecular weight is 480 g/mol. The van der Waals surface area contributed by atoms with Gasteiger partial charge in [0.25, 0.3) is 0 Å². The Kier molecular flexibility index (Phi) is 8.17. The van der Waals surface area contributed by atoms with E-state index in [1.54, 1.807) is 6.07 Å². The topological polar surface area (TPSA) is 36.4 Å². The van der Waals surface area contributed by atoms with Crippen LogP contribution in [0.1, 0.15) is 61.5 Å². The number of nitrogens with one attached hydrogen (secondary N) is 2. The predicted molar refractivity (Wildman–Crippen MR) is 152 cm³/mol. The van der Waals surface area contributed by atoms with Crippen LogP contribution in [0.2, 0.25) is 0 Å². The molecule has 0 fully saturated rings. The van der Waals surface area contributed by atoms with E-state index in [0.29, 0.717) is 11.5 Å². The number of hydrogen-bond donors (Lipinski definition) is 2. The summed E-state index contributed by atoms with van der Waals surface area (Å²) in [6, 6.07) is 27.3.